The molecule has 0 aliphatic carbocycles. The quantitative estimate of drug-likeness (QED) is 0.740. The minimum absolute atomic E-state index is 0. The Morgan fingerprint density at radius 2 is 1.78 bits per heavy atom. The van der Waals surface area contributed by atoms with Gasteiger partial charge in [-0.2, -0.15) is 4.31 Å². The zero-order valence-electron chi connectivity index (χ0n) is 16.6. The van der Waals surface area contributed by atoms with Crippen molar-refractivity contribution in [3.8, 4) is 0 Å². The molecule has 154 valence electrons. The highest BCUT2D eigenvalue weighted by molar-refractivity contribution is 7.89. The van der Waals surface area contributed by atoms with E-state index in [1.165, 1.54) is 16.4 Å². The summed E-state index contributed by atoms with van der Waals surface area (Å²) in [6.45, 7) is 9.25. The molecular weight excluding hydrogens is 386 g/mol. The highest BCUT2D eigenvalue weighted by Crippen LogP contribution is 2.21. The van der Waals surface area contributed by atoms with Crippen LogP contribution in [0.3, 0.4) is 0 Å². The minimum Gasteiger partial charge on any atom is -0.339 e. The standard InChI is InChI=1S/C19H31N3O3S.ClH/c1-5-20-14-16-10-12-22(13-11-16)19(23)17-6-8-18(9-7-17)26(24,25)21(4)15(2)3;/h6-9,15-16,20H,5,10-14H2,1-4H3;1H. The number of piperidine rings is 1. The van der Waals surface area contributed by atoms with Crippen molar-refractivity contribution in [3.63, 3.8) is 0 Å². The molecule has 1 N–H and O–H groups in total. The molecule has 0 atom stereocenters. The van der Waals surface area contributed by atoms with E-state index in [9.17, 15) is 13.2 Å². The van der Waals surface area contributed by atoms with Crippen LogP contribution in [0.25, 0.3) is 0 Å². The lowest BCUT2D eigenvalue weighted by molar-refractivity contribution is 0.0690. The van der Waals surface area contributed by atoms with E-state index in [0.717, 1.165) is 39.0 Å². The van der Waals surface area contributed by atoms with Gasteiger partial charge in [0.05, 0.1) is 4.90 Å². The first-order valence-corrected chi connectivity index (χ1v) is 10.8. The number of amides is 1. The average molecular weight is 418 g/mol. The van der Waals surface area contributed by atoms with Gasteiger partial charge in [-0.3, -0.25) is 4.79 Å². The Bertz CT molecular complexity index is 699. The van der Waals surface area contributed by atoms with Crippen molar-refractivity contribution < 1.29 is 13.2 Å². The van der Waals surface area contributed by atoms with Gasteiger partial charge in [-0.15, -0.1) is 12.4 Å². The lowest BCUT2D eigenvalue weighted by Crippen LogP contribution is -2.40. The van der Waals surface area contributed by atoms with Crippen molar-refractivity contribution in [2.24, 2.45) is 5.92 Å². The van der Waals surface area contributed by atoms with Crippen LogP contribution in [-0.2, 0) is 10.0 Å². The predicted octanol–water partition coefficient (Wildman–Crippen LogP) is 2.60. The van der Waals surface area contributed by atoms with Gasteiger partial charge in [0.1, 0.15) is 0 Å². The van der Waals surface area contributed by atoms with Gasteiger partial charge in [0.25, 0.3) is 5.91 Å². The second-order valence-electron chi connectivity index (χ2n) is 7.18. The first-order valence-electron chi connectivity index (χ1n) is 9.35. The summed E-state index contributed by atoms with van der Waals surface area (Å²) >= 11 is 0. The molecule has 0 unspecified atom stereocenters. The summed E-state index contributed by atoms with van der Waals surface area (Å²) in [5, 5.41) is 3.37. The molecule has 1 saturated heterocycles. The van der Waals surface area contributed by atoms with Gasteiger partial charge in [0.15, 0.2) is 0 Å². The van der Waals surface area contributed by atoms with E-state index in [1.807, 2.05) is 18.7 Å². The van der Waals surface area contributed by atoms with Crippen LogP contribution in [0.2, 0.25) is 0 Å². The number of carbonyl (C=O) groups is 1. The van der Waals surface area contributed by atoms with Gasteiger partial charge in [0, 0.05) is 31.7 Å². The average Bonchev–Trinajstić information content (AvgIpc) is 2.65. The molecule has 8 heteroatoms. The molecule has 2 rings (SSSR count). The topological polar surface area (TPSA) is 69.7 Å². The maximum atomic E-state index is 12.7. The third-order valence-electron chi connectivity index (χ3n) is 5.09. The Morgan fingerprint density at radius 1 is 1.22 bits per heavy atom. The van der Waals surface area contributed by atoms with Gasteiger partial charge >= 0.3 is 0 Å². The smallest absolute Gasteiger partial charge is 0.253 e. The van der Waals surface area contributed by atoms with E-state index >= 15 is 0 Å². The fourth-order valence-electron chi connectivity index (χ4n) is 3.08. The van der Waals surface area contributed by atoms with Gasteiger partial charge in [-0.05, 0) is 70.0 Å². The van der Waals surface area contributed by atoms with Crippen LogP contribution in [0, 0.1) is 5.92 Å². The lowest BCUT2D eigenvalue weighted by atomic mass is 9.96. The highest BCUT2D eigenvalue weighted by Gasteiger charge is 2.25. The Kier molecular flexibility index (Phi) is 9.21. The number of sulfonamides is 1. The number of rotatable bonds is 7. The fraction of sp³-hybridized carbons (Fsp3) is 0.632. The molecule has 0 saturated carbocycles. The first-order chi connectivity index (χ1) is 12.3. The van der Waals surface area contributed by atoms with Crippen molar-refractivity contribution >= 4 is 28.3 Å². The maximum Gasteiger partial charge on any atom is 0.253 e. The van der Waals surface area contributed by atoms with Crippen LogP contribution in [0.1, 0.15) is 44.0 Å². The Labute approximate surface area is 169 Å². The SMILES string of the molecule is CCNCC1CCN(C(=O)c2ccc(S(=O)(=O)N(C)C(C)C)cc2)CC1.Cl. The van der Waals surface area contributed by atoms with Crippen molar-refractivity contribution in [2.75, 3.05) is 33.2 Å². The van der Waals surface area contributed by atoms with Crippen LogP contribution in [0.4, 0.5) is 0 Å². The summed E-state index contributed by atoms with van der Waals surface area (Å²) < 4.78 is 26.3. The molecule has 0 bridgehead atoms. The van der Waals surface area contributed by atoms with Crippen LogP contribution >= 0.6 is 12.4 Å². The number of hydrogen-bond acceptors (Lipinski definition) is 4. The van der Waals surface area contributed by atoms with Crippen LogP contribution < -0.4 is 5.32 Å². The van der Waals surface area contributed by atoms with E-state index in [4.69, 9.17) is 0 Å². The van der Waals surface area contributed by atoms with Crippen molar-refractivity contribution in [1.29, 1.82) is 0 Å². The van der Waals surface area contributed by atoms with Gasteiger partial charge in [-0.1, -0.05) is 6.92 Å². The molecule has 0 radical (unpaired) electrons. The first kappa shape index (κ1) is 23.9. The fourth-order valence-corrected chi connectivity index (χ4v) is 4.45. The molecule has 1 aliphatic heterocycles. The number of nitrogens with zero attached hydrogens (tertiary/aromatic N) is 2. The van der Waals surface area contributed by atoms with Crippen molar-refractivity contribution in [3.05, 3.63) is 29.8 Å². The normalized spacial score (nSPS) is 15.9. The molecule has 1 heterocycles. The van der Waals surface area contributed by atoms with E-state index < -0.39 is 10.0 Å². The molecule has 1 fully saturated rings. The lowest BCUT2D eigenvalue weighted by Gasteiger charge is -2.32. The molecule has 1 amide bonds. The third kappa shape index (κ3) is 5.91. The second kappa shape index (κ2) is 10.4. The van der Waals surface area contributed by atoms with E-state index in [0.29, 0.717) is 11.5 Å². The Morgan fingerprint density at radius 3 is 2.26 bits per heavy atom. The van der Waals surface area contributed by atoms with Crippen molar-refractivity contribution in [1.82, 2.24) is 14.5 Å². The maximum absolute atomic E-state index is 12.7. The molecule has 1 aliphatic rings. The third-order valence-corrected chi connectivity index (χ3v) is 7.14. The summed E-state index contributed by atoms with van der Waals surface area (Å²) in [7, 11) is -1.95. The van der Waals surface area contributed by atoms with E-state index in [-0.39, 0.29) is 29.3 Å². The summed E-state index contributed by atoms with van der Waals surface area (Å²) in [6, 6.07) is 6.17. The highest BCUT2D eigenvalue weighted by atomic mass is 35.5. The van der Waals surface area contributed by atoms with Crippen molar-refractivity contribution in [2.45, 2.75) is 44.6 Å². The molecule has 0 aromatic heterocycles. The number of carbonyl (C=O) groups excluding carboxylic acids is 1. The summed E-state index contributed by atoms with van der Waals surface area (Å²) in [5.74, 6) is 0.603. The number of likely N-dealkylation sites (tertiary alicyclic amines) is 1. The summed E-state index contributed by atoms with van der Waals surface area (Å²) in [5.41, 5.74) is 0.543. The number of nitrogens with one attached hydrogen (secondary N) is 1. The van der Waals surface area contributed by atoms with Crippen LogP contribution in [0.15, 0.2) is 29.2 Å². The minimum atomic E-state index is -3.52. The molecule has 1 aromatic rings. The summed E-state index contributed by atoms with van der Waals surface area (Å²) in [4.78, 5) is 14.8. The number of hydrogen-bond donors (Lipinski definition) is 1. The van der Waals surface area contributed by atoms with E-state index in [2.05, 4.69) is 12.2 Å². The van der Waals surface area contributed by atoms with Crippen LogP contribution in [-0.4, -0.2) is 62.8 Å². The zero-order valence-corrected chi connectivity index (χ0v) is 18.3. The molecule has 6 nitrogen and oxygen atoms in total. The van der Waals surface area contributed by atoms with Gasteiger partial charge in [0.2, 0.25) is 10.0 Å². The summed E-state index contributed by atoms with van der Waals surface area (Å²) in [6.07, 6.45) is 2.01. The molecule has 0 spiro atoms. The predicted molar refractivity (Wildman–Crippen MR) is 111 cm³/mol. The monoisotopic (exact) mass is 417 g/mol. The number of benzene rings is 1. The number of halogens is 1. The molecule has 27 heavy (non-hydrogen) atoms. The molecular formula is C19H32ClN3O3S. The van der Waals surface area contributed by atoms with Crippen LogP contribution in [0.5, 0.6) is 0 Å². The van der Waals surface area contributed by atoms with E-state index in [1.54, 1.807) is 19.2 Å². The zero-order chi connectivity index (χ0) is 19.3. The second-order valence-corrected chi connectivity index (χ2v) is 9.18. The van der Waals surface area contributed by atoms with Gasteiger partial charge in [-0.25, -0.2) is 8.42 Å². The molecule has 1 aromatic carbocycles. The Balaban J connectivity index is 0.00000364. The van der Waals surface area contributed by atoms with Gasteiger partial charge < -0.3 is 10.2 Å². The Hall–Kier alpha value is -1.15. The largest absolute Gasteiger partial charge is 0.339 e.